The lowest BCUT2D eigenvalue weighted by Gasteiger charge is -2.16. The molecule has 38 heavy (non-hydrogen) atoms. The highest BCUT2D eigenvalue weighted by atomic mass is 32.1. The summed E-state index contributed by atoms with van der Waals surface area (Å²) in [6, 6.07) is 14.1. The molecule has 0 bridgehead atoms. The number of aromatic nitrogens is 2. The summed E-state index contributed by atoms with van der Waals surface area (Å²) in [4.78, 5) is 14.5. The van der Waals surface area contributed by atoms with E-state index in [1.165, 1.54) is 11.3 Å². The van der Waals surface area contributed by atoms with Crippen LogP contribution in [0, 0.1) is 11.3 Å². The van der Waals surface area contributed by atoms with Gasteiger partial charge in [0.15, 0.2) is 5.13 Å². The van der Waals surface area contributed by atoms with Crippen LogP contribution in [0.5, 0.6) is 5.75 Å². The number of hydrogen-bond donors (Lipinski definition) is 0. The van der Waals surface area contributed by atoms with Crippen LogP contribution in [-0.2, 0) is 0 Å². The van der Waals surface area contributed by atoms with Crippen molar-refractivity contribution in [1.82, 2.24) is 9.97 Å². The topological polar surface area (TPSA) is 86.8 Å². The Bertz CT molecular complexity index is 1570. The molecule has 0 spiro atoms. The van der Waals surface area contributed by atoms with Crippen LogP contribution in [0.1, 0.15) is 44.1 Å². The molecule has 0 radical (unpaired) electrons. The summed E-state index contributed by atoms with van der Waals surface area (Å²) in [5, 5.41) is 21.0. The number of unbranched alkanes of at least 4 members (excludes halogenated alkanes) is 1. The first-order valence-corrected chi connectivity index (χ1v) is 15.7. The number of allylic oxidation sites excluding steroid dienone is 1. The number of benzene rings is 1. The molecule has 4 aromatic heterocycles. The second-order valence-electron chi connectivity index (χ2n) is 8.33. The van der Waals surface area contributed by atoms with Gasteiger partial charge in [-0.3, -0.25) is 0 Å². The molecule has 0 N–H and O–H groups in total. The Hall–Kier alpha value is -3.17. The highest BCUT2D eigenvalue weighted by Gasteiger charge is 2.13. The van der Waals surface area contributed by atoms with Crippen LogP contribution >= 0.6 is 45.3 Å². The molecule has 5 aromatic rings. The minimum atomic E-state index is 0.606. The van der Waals surface area contributed by atoms with Crippen molar-refractivity contribution in [3.05, 3.63) is 46.8 Å². The molecule has 0 atom stereocenters. The molecular formula is C27H26N6OS4. The van der Waals surface area contributed by atoms with Crippen LogP contribution < -0.4 is 9.64 Å². The third-order valence-corrected chi connectivity index (χ3v) is 9.87. The van der Waals surface area contributed by atoms with Gasteiger partial charge in [0, 0.05) is 18.0 Å². The summed E-state index contributed by atoms with van der Waals surface area (Å²) < 4.78 is 7.89. The summed E-state index contributed by atoms with van der Waals surface area (Å²) in [6.45, 7) is 9.02. The van der Waals surface area contributed by atoms with Gasteiger partial charge in [0.1, 0.15) is 20.4 Å². The lowest BCUT2D eigenvalue weighted by atomic mass is 10.1. The summed E-state index contributed by atoms with van der Waals surface area (Å²) in [5.41, 5.74) is 1.47. The number of hydrogen-bond acceptors (Lipinski definition) is 11. The molecule has 0 saturated heterocycles. The van der Waals surface area contributed by atoms with Gasteiger partial charge < -0.3 is 9.64 Å². The molecule has 0 unspecified atom stereocenters. The largest absolute Gasteiger partial charge is 0.494 e. The fourth-order valence-corrected chi connectivity index (χ4v) is 7.87. The predicted octanol–water partition coefficient (Wildman–Crippen LogP) is 9.53. The molecule has 194 valence electrons. The molecule has 7 nitrogen and oxygen atoms in total. The number of fused-ring (bicyclic) bond motifs is 2. The fraction of sp³-hybridized carbons (Fsp3) is 0.296. The molecule has 0 aliphatic carbocycles. The normalized spacial score (nSPS) is 12.1. The van der Waals surface area contributed by atoms with Crippen LogP contribution in [0.2, 0.25) is 0 Å². The van der Waals surface area contributed by atoms with E-state index < -0.39 is 0 Å². The quantitative estimate of drug-likeness (QED) is 0.0885. The first-order valence-electron chi connectivity index (χ1n) is 12.4. The van der Waals surface area contributed by atoms with E-state index in [1.54, 1.807) is 34.0 Å². The van der Waals surface area contributed by atoms with E-state index in [9.17, 15) is 5.26 Å². The maximum absolute atomic E-state index is 9.75. The van der Waals surface area contributed by atoms with Crippen LogP contribution in [0.4, 0.5) is 15.3 Å². The number of ether oxygens (including phenoxy) is 1. The Morgan fingerprint density at radius 1 is 0.974 bits per heavy atom. The number of thiazole rings is 2. The summed E-state index contributed by atoms with van der Waals surface area (Å²) in [7, 11) is 0. The van der Waals surface area contributed by atoms with E-state index in [1.807, 2.05) is 36.4 Å². The molecule has 0 saturated carbocycles. The highest BCUT2D eigenvalue weighted by molar-refractivity contribution is 7.30. The van der Waals surface area contributed by atoms with E-state index in [2.05, 4.69) is 53.0 Å². The number of nitrogens with zero attached hydrogens (tertiary/aromatic N) is 6. The van der Waals surface area contributed by atoms with Gasteiger partial charge in [0.25, 0.3) is 0 Å². The summed E-state index contributed by atoms with van der Waals surface area (Å²) in [6.07, 6.45) is 4.03. The molecule has 0 fully saturated rings. The van der Waals surface area contributed by atoms with E-state index in [-0.39, 0.29) is 0 Å². The maximum atomic E-state index is 9.75. The lowest BCUT2D eigenvalue weighted by Crippen LogP contribution is -2.21. The van der Waals surface area contributed by atoms with Crippen LogP contribution in [0.15, 0.2) is 46.6 Å². The second kappa shape index (κ2) is 12.1. The Labute approximate surface area is 237 Å². The minimum Gasteiger partial charge on any atom is -0.494 e. The SMILES string of the molecule is CCCCOc1ccc(/C(C#N)=C/c2cc3sc(/N=N/c4cc5sc(N(CC)CC)nc5s4)nc3s2)cc1. The van der Waals surface area contributed by atoms with Crippen LogP contribution in [0.3, 0.4) is 0 Å². The van der Waals surface area contributed by atoms with Crippen LogP contribution in [0.25, 0.3) is 30.7 Å². The van der Waals surface area contributed by atoms with E-state index in [4.69, 9.17) is 9.72 Å². The van der Waals surface area contributed by atoms with Crippen molar-refractivity contribution in [3.8, 4) is 11.8 Å². The molecule has 4 heterocycles. The standard InChI is InChI=1S/C27H26N6OS4/c1-4-7-12-34-19-10-8-17(9-11-19)18(16-28)13-20-14-21-24(35-20)29-26(36-21)32-31-23-15-22-25(38-23)30-27(37-22)33(5-2)6-3/h8-11,13-15H,4-7,12H2,1-3H3/b18-13+,32-31+. The molecule has 0 aliphatic heterocycles. The van der Waals surface area contributed by atoms with Gasteiger partial charge in [-0.15, -0.1) is 21.6 Å². The van der Waals surface area contributed by atoms with Crippen molar-refractivity contribution in [2.24, 2.45) is 10.2 Å². The third-order valence-electron chi connectivity index (χ3n) is 5.77. The van der Waals surface area contributed by atoms with Gasteiger partial charge in [-0.25, -0.2) is 9.97 Å². The first-order chi connectivity index (χ1) is 18.6. The Balaban J connectivity index is 1.27. The molecule has 1 aromatic carbocycles. The first kappa shape index (κ1) is 26.4. The molecule has 5 rings (SSSR count). The number of anilines is 1. The number of rotatable bonds is 11. The Kier molecular flexibility index (Phi) is 8.44. The fourth-order valence-electron chi connectivity index (χ4n) is 3.73. The van der Waals surface area contributed by atoms with E-state index in [0.717, 1.165) is 71.3 Å². The zero-order chi connectivity index (χ0) is 26.5. The monoisotopic (exact) mass is 578 g/mol. The lowest BCUT2D eigenvalue weighted by molar-refractivity contribution is 0.309. The zero-order valence-electron chi connectivity index (χ0n) is 21.3. The Morgan fingerprint density at radius 3 is 2.42 bits per heavy atom. The van der Waals surface area contributed by atoms with Crippen molar-refractivity contribution < 1.29 is 4.74 Å². The molecule has 0 amide bonds. The summed E-state index contributed by atoms with van der Waals surface area (Å²) in [5.74, 6) is 0.824. The highest BCUT2D eigenvalue weighted by Crippen LogP contribution is 2.40. The van der Waals surface area contributed by atoms with Crippen molar-refractivity contribution in [1.29, 1.82) is 5.26 Å². The number of thiophene rings is 2. The summed E-state index contributed by atoms with van der Waals surface area (Å²) >= 11 is 6.28. The average Bonchev–Trinajstić information content (AvgIpc) is 3.67. The van der Waals surface area contributed by atoms with Gasteiger partial charge in [-0.1, -0.05) is 47.4 Å². The minimum absolute atomic E-state index is 0.606. The van der Waals surface area contributed by atoms with Crippen LogP contribution in [-0.4, -0.2) is 29.7 Å². The molecule has 11 heteroatoms. The van der Waals surface area contributed by atoms with Gasteiger partial charge in [0.05, 0.1) is 27.6 Å². The smallest absolute Gasteiger partial charge is 0.231 e. The maximum Gasteiger partial charge on any atom is 0.231 e. The third kappa shape index (κ3) is 5.94. The molecular weight excluding hydrogens is 553 g/mol. The van der Waals surface area contributed by atoms with Crippen molar-refractivity contribution >= 4 is 91.3 Å². The van der Waals surface area contributed by atoms with Crippen molar-refractivity contribution in [3.63, 3.8) is 0 Å². The average molecular weight is 579 g/mol. The van der Waals surface area contributed by atoms with Gasteiger partial charge in [-0.2, -0.15) is 5.26 Å². The van der Waals surface area contributed by atoms with Crippen molar-refractivity contribution in [2.45, 2.75) is 33.6 Å². The number of nitriles is 1. The van der Waals surface area contributed by atoms with E-state index in [0.29, 0.717) is 17.3 Å². The van der Waals surface area contributed by atoms with Gasteiger partial charge in [-0.05, 0) is 68.3 Å². The van der Waals surface area contributed by atoms with Crippen molar-refractivity contribution in [2.75, 3.05) is 24.6 Å². The Morgan fingerprint density at radius 2 is 1.74 bits per heavy atom. The number of azo groups is 1. The van der Waals surface area contributed by atoms with Gasteiger partial charge >= 0.3 is 0 Å². The van der Waals surface area contributed by atoms with E-state index >= 15 is 0 Å². The second-order valence-corrected chi connectivity index (χ2v) is 12.4. The predicted molar refractivity (Wildman–Crippen MR) is 163 cm³/mol. The van der Waals surface area contributed by atoms with Gasteiger partial charge in [0.2, 0.25) is 5.13 Å². The zero-order valence-corrected chi connectivity index (χ0v) is 24.6. The molecule has 0 aliphatic rings.